The molecule has 0 atom stereocenters. The van der Waals surface area contributed by atoms with Gasteiger partial charge in [-0.15, -0.1) is 0 Å². The van der Waals surface area contributed by atoms with E-state index in [0.29, 0.717) is 18.4 Å². The van der Waals surface area contributed by atoms with Gasteiger partial charge in [-0.05, 0) is 25.0 Å². The van der Waals surface area contributed by atoms with Crippen molar-refractivity contribution in [3.63, 3.8) is 0 Å². The third-order valence-electron chi connectivity index (χ3n) is 1.88. The quantitative estimate of drug-likeness (QED) is 0.702. The number of aryl methyl sites for hydroxylation is 1. The topological polar surface area (TPSA) is 40.9 Å². The van der Waals surface area contributed by atoms with Crippen LogP contribution in [0, 0.1) is 11.3 Å². The van der Waals surface area contributed by atoms with E-state index >= 15 is 0 Å². The summed E-state index contributed by atoms with van der Waals surface area (Å²) in [6.07, 6.45) is 1.18. The summed E-state index contributed by atoms with van der Waals surface area (Å²) in [7, 11) is 0. The SMILES string of the molecule is CC(=O)CCc1ccccc1C#N. The maximum absolute atomic E-state index is 10.7. The molecule has 0 heterocycles. The molecule has 2 nitrogen and oxygen atoms in total. The lowest BCUT2D eigenvalue weighted by atomic mass is 10.0. The Hall–Kier alpha value is -1.62. The first-order chi connectivity index (χ1) is 6.24. The molecule has 0 aliphatic carbocycles. The van der Waals surface area contributed by atoms with E-state index in [2.05, 4.69) is 6.07 Å². The van der Waals surface area contributed by atoms with E-state index in [9.17, 15) is 4.79 Å². The molecule has 0 radical (unpaired) electrons. The molecule has 1 rings (SSSR count). The van der Waals surface area contributed by atoms with Gasteiger partial charge in [-0.25, -0.2) is 0 Å². The number of Topliss-reactive ketones (excluding diaryl/α,β-unsaturated/α-hetero) is 1. The summed E-state index contributed by atoms with van der Waals surface area (Å²) in [5.41, 5.74) is 1.63. The lowest BCUT2D eigenvalue weighted by Gasteiger charge is -2.00. The molecule has 1 aromatic rings. The summed E-state index contributed by atoms with van der Waals surface area (Å²) in [6, 6.07) is 9.49. The summed E-state index contributed by atoms with van der Waals surface area (Å²) < 4.78 is 0. The van der Waals surface area contributed by atoms with Gasteiger partial charge in [-0.1, -0.05) is 18.2 Å². The summed E-state index contributed by atoms with van der Waals surface area (Å²) in [5.74, 6) is 0.160. The van der Waals surface area contributed by atoms with E-state index < -0.39 is 0 Å². The van der Waals surface area contributed by atoms with Crippen molar-refractivity contribution in [3.05, 3.63) is 35.4 Å². The molecule has 0 bridgehead atoms. The predicted octanol–water partition coefficient (Wildman–Crippen LogP) is 2.08. The zero-order chi connectivity index (χ0) is 9.68. The number of carbonyl (C=O) groups excluding carboxylic acids is 1. The Balaban J connectivity index is 2.77. The van der Waals surface area contributed by atoms with Crippen LogP contribution in [0.3, 0.4) is 0 Å². The Bertz CT molecular complexity index is 349. The minimum Gasteiger partial charge on any atom is -0.300 e. The molecule has 0 amide bonds. The fourth-order valence-electron chi connectivity index (χ4n) is 1.16. The molecule has 66 valence electrons. The number of nitrogens with zero attached hydrogens (tertiary/aromatic N) is 1. The molecular weight excluding hydrogens is 162 g/mol. The molecule has 0 saturated carbocycles. The molecule has 2 heteroatoms. The number of carbonyl (C=O) groups is 1. The predicted molar refractivity (Wildman–Crippen MR) is 50.2 cm³/mol. The molecule has 0 fully saturated rings. The van der Waals surface area contributed by atoms with Crippen LogP contribution in [0.1, 0.15) is 24.5 Å². The van der Waals surface area contributed by atoms with Gasteiger partial charge in [-0.2, -0.15) is 5.26 Å². The standard InChI is InChI=1S/C11H11NO/c1-9(13)6-7-10-4-2-3-5-11(10)8-12/h2-5H,6-7H2,1H3. The van der Waals surface area contributed by atoms with Gasteiger partial charge in [0.25, 0.3) is 0 Å². The fourth-order valence-corrected chi connectivity index (χ4v) is 1.16. The Kier molecular flexibility index (Phi) is 3.22. The number of rotatable bonds is 3. The smallest absolute Gasteiger partial charge is 0.130 e. The Morgan fingerprint density at radius 1 is 1.46 bits per heavy atom. The van der Waals surface area contributed by atoms with Crippen LogP contribution < -0.4 is 0 Å². The first-order valence-electron chi connectivity index (χ1n) is 4.21. The number of nitriles is 1. The molecular formula is C11H11NO. The normalized spacial score (nSPS) is 9.23. The zero-order valence-electron chi connectivity index (χ0n) is 7.58. The molecule has 13 heavy (non-hydrogen) atoms. The summed E-state index contributed by atoms with van der Waals surface area (Å²) in [4.78, 5) is 10.7. The van der Waals surface area contributed by atoms with Crippen molar-refractivity contribution >= 4 is 5.78 Å². The monoisotopic (exact) mass is 173 g/mol. The van der Waals surface area contributed by atoms with E-state index in [0.717, 1.165) is 5.56 Å². The highest BCUT2D eigenvalue weighted by atomic mass is 16.1. The second-order valence-corrected chi connectivity index (χ2v) is 2.97. The lowest BCUT2D eigenvalue weighted by Crippen LogP contribution is -1.96. The van der Waals surface area contributed by atoms with E-state index in [1.54, 1.807) is 13.0 Å². The van der Waals surface area contributed by atoms with Gasteiger partial charge in [0.15, 0.2) is 0 Å². The third-order valence-corrected chi connectivity index (χ3v) is 1.88. The number of hydrogen-bond acceptors (Lipinski definition) is 2. The van der Waals surface area contributed by atoms with Crippen molar-refractivity contribution in [2.75, 3.05) is 0 Å². The molecule has 0 aliphatic rings. The van der Waals surface area contributed by atoms with Gasteiger partial charge in [0.05, 0.1) is 11.6 Å². The van der Waals surface area contributed by atoms with Crippen LogP contribution in [0.2, 0.25) is 0 Å². The molecule has 1 aromatic carbocycles. The fraction of sp³-hybridized carbons (Fsp3) is 0.273. The first kappa shape index (κ1) is 9.47. The highest BCUT2D eigenvalue weighted by Crippen LogP contribution is 2.09. The van der Waals surface area contributed by atoms with Gasteiger partial charge < -0.3 is 4.79 Å². The van der Waals surface area contributed by atoms with Crippen molar-refractivity contribution in [1.82, 2.24) is 0 Å². The van der Waals surface area contributed by atoms with Crippen LogP contribution in [0.25, 0.3) is 0 Å². The zero-order valence-corrected chi connectivity index (χ0v) is 7.58. The van der Waals surface area contributed by atoms with Crippen molar-refractivity contribution in [1.29, 1.82) is 5.26 Å². The number of benzene rings is 1. The summed E-state index contributed by atoms with van der Waals surface area (Å²) in [5, 5.41) is 8.75. The Labute approximate surface area is 77.8 Å². The van der Waals surface area contributed by atoms with Gasteiger partial charge in [0.1, 0.15) is 5.78 Å². The molecule has 0 aliphatic heterocycles. The largest absolute Gasteiger partial charge is 0.300 e. The number of hydrogen-bond donors (Lipinski definition) is 0. The van der Waals surface area contributed by atoms with Crippen molar-refractivity contribution in [3.8, 4) is 6.07 Å². The number of ketones is 1. The van der Waals surface area contributed by atoms with E-state index in [1.165, 1.54) is 0 Å². The van der Waals surface area contributed by atoms with E-state index in [1.807, 2.05) is 18.2 Å². The third kappa shape index (κ3) is 2.72. The van der Waals surface area contributed by atoms with Crippen LogP contribution >= 0.6 is 0 Å². The highest BCUT2D eigenvalue weighted by Gasteiger charge is 2.01. The molecule has 0 N–H and O–H groups in total. The van der Waals surface area contributed by atoms with E-state index in [-0.39, 0.29) is 5.78 Å². The molecule has 0 aromatic heterocycles. The van der Waals surface area contributed by atoms with Gasteiger partial charge in [0, 0.05) is 6.42 Å². The minimum atomic E-state index is 0.160. The highest BCUT2D eigenvalue weighted by molar-refractivity contribution is 5.75. The minimum absolute atomic E-state index is 0.160. The van der Waals surface area contributed by atoms with Crippen LogP contribution in [-0.4, -0.2) is 5.78 Å². The summed E-state index contributed by atoms with van der Waals surface area (Å²) >= 11 is 0. The lowest BCUT2D eigenvalue weighted by molar-refractivity contribution is -0.116. The molecule has 0 unspecified atom stereocenters. The Morgan fingerprint density at radius 3 is 2.77 bits per heavy atom. The van der Waals surface area contributed by atoms with Crippen LogP contribution in [0.4, 0.5) is 0 Å². The maximum atomic E-state index is 10.7. The van der Waals surface area contributed by atoms with Gasteiger partial charge >= 0.3 is 0 Å². The summed E-state index contributed by atoms with van der Waals surface area (Å²) in [6.45, 7) is 1.56. The van der Waals surface area contributed by atoms with Crippen molar-refractivity contribution in [2.45, 2.75) is 19.8 Å². The van der Waals surface area contributed by atoms with Crippen molar-refractivity contribution in [2.24, 2.45) is 0 Å². The molecule has 0 saturated heterocycles. The van der Waals surface area contributed by atoms with Crippen LogP contribution in [0.5, 0.6) is 0 Å². The first-order valence-corrected chi connectivity index (χ1v) is 4.21. The van der Waals surface area contributed by atoms with Crippen LogP contribution in [0.15, 0.2) is 24.3 Å². The second-order valence-electron chi connectivity index (χ2n) is 2.97. The van der Waals surface area contributed by atoms with Gasteiger partial charge in [0.2, 0.25) is 0 Å². The molecule has 0 spiro atoms. The average molecular weight is 173 g/mol. The second kappa shape index (κ2) is 4.42. The van der Waals surface area contributed by atoms with E-state index in [4.69, 9.17) is 5.26 Å². The average Bonchev–Trinajstić information content (AvgIpc) is 2.15. The maximum Gasteiger partial charge on any atom is 0.130 e. The van der Waals surface area contributed by atoms with Crippen molar-refractivity contribution < 1.29 is 4.79 Å². The Morgan fingerprint density at radius 2 is 2.15 bits per heavy atom. The van der Waals surface area contributed by atoms with Gasteiger partial charge in [-0.3, -0.25) is 0 Å². The van der Waals surface area contributed by atoms with Crippen LogP contribution in [-0.2, 0) is 11.2 Å².